The van der Waals surface area contributed by atoms with Crippen molar-refractivity contribution in [1.29, 1.82) is 0 Å². The van der Waals surface area contributed by atoms with E-state index in [1.807, 2.05) is 68.2 Å². The molecule has 1 fully saturated rings. The van der Waals surface area contributed by atoms with Gasteiger partial charge in [0.1, 0.15) is 0 Å². The fourth-order valence-electron chi connectivity index (χ4n) is 3.97. The van der Waals surface area contributed by atoms with Gasteiger partial charge in [0.15, 0.2) is 0 Å². The normalized spacial score (nSPS) is 23.4. The molecule has 2 aliphatic rings. The lowest BCUT2D eigenvalue weighted by molar-refractivity contribution is -0.170. The van der Waals surface area contributed by atoms with E-state index in [0.29, 0.717) is 17.3 Å². The fraction of sp³-hybridized carbons (Fsp3) is 0.348. The summed E-state index contributed by atoms with van der Waals surface area (Å²) in [6, 6.07) is 17.0. The number of rotatable bonds is 4. The Morgan fingerprint density at radius 2 is 1.83 bits per heavy atom. The number of oxime groups is 1. The predicted molar refractivity (Wildman–Crippen MR) is 115 cm³/mol. The molecular formula is C23H24ClN3O3. The van der Waals surface area contributed by atoms with E-state index in [4.69, 9.17) is 16.4 Å². The van der Waals surface area contributed by atoms with E-state index in [-0.39, 0.29) is 24.2 Å². The van der Waals surface area contributed by atoms with Crippen LogP contribution >= 0.6 is 11.6 Å². The van der Waals surface area contributed by atoms with Gasteiger partial charge < -0.3 is 4.84 Å². The molecule has 6 nitrogen and oxygen atoms in total. The van der Waals surface area contributed by atoms with E-state index >= 15 is 0 Å². The average molecular weight is 426 g/mol. The van der Waals surface area contributed by atoms with E-state index in [2.05, 4.69) is 5.16 Å². The van der Waals surface area contributed by atoms with Crippen molar-refractivity contribution in [3.63, 3.8) is 0 Å². The largest absolute Gasteiger partial charge is 0.381 e. The lowest BCUT2D eigenvalue weighted by Gasteiger charge is -2.36. The van der Waals surface area contributed by atoms with Gasteiger partial charge in [0.25, 0.3) is 5.91 Å². The molecule has 30 heavy (non-hydrogen) atoms. The second-order valence-electron chi connectivity index (χ2n) is 8.37. The van der Waals surface area contributed by atoms with Crippen LogP contribution < -0.4 is 0 Å². The fourth-order valence-corrected chi connectivity index (χ4v) is 4.10. The maximum absolute atomic E-state index is 13.4. The minimum Gasteiger partial charge on any atom is -0.381 e. The number of benzene rings is 2. The van der Waals surface area contributed by atoms with Gasteiger partial charge in [0, 0.05) is 23.5 Å². The van der Waals surface area contributed by atoms with Crippen molar-refractivity contribution in [3.8, 4) is 0 Å². The molecule has 2 aromatic carbocycles. The molecule has 0 radical (unpaired) electrons. The minimum atomic E-state index is -0.855. The molecule has 156 valence electrons. The third kappa shape index (κ3) is 3.73. The molecule has 4 rings (SSSR count). The molecular weight excluding hydrogens is 402 g/mol. The summed E-state index contributed by atoms with van der Waals surface area (Å²) in [7, 11) is 0. The summed E-state index contributed by atoms with van der Waals surface area (Å²) < 4.78 is 0. The summed E-state index contributed by atoms with van der Waals surface area (Å²) in [4.78, 5) is 31.8. The SMILES string of the molecule is C[C@H]1C(c2ccc(Cl)cc2)=NO[C@@H]1C(=O)N1C(=O)CC(C)(C)N1Cc1ccccc1. The van der Waals surface area contributed by atoms with Crippen molar-refractivity contribution in [3.05, 3.63) is 70.7 Å². The Kier molecular flexibility index (Phi) is 5.38. The Bertz CT molecular complexity index is 989. The highest BCUT2D eigenvalue weighted by atomic mass is 35.5. The molecule has 2 heterocycles. The highest BCUT2D eigenvalue weighted by molar-refractivity contribution is 6.30. The van der Waals surface area contributed by atoms with E-state index in [1.165, 1.54) is 5.01 Å². The third-order valence-corrected chi connectivity index (χ3v) is 5.93. The molecule has 0 unspecified atom stereocenters. The first-order valence-electron chi connectivity index (χ1n) is 9.96. The van der Waals surface area contributed by atoms with Crippen molar-refractivity contribution >= 4 is 29.1 Å². The van der Waals surface area contributed by atoms with Gasteiger partial charge in [-0.15, -0.1) is 0 Å². The lowest BCUT2D eigenvalue weighted by atomic mass is 9.93. The van der Waals surface area contributed by atoms with Crippen LogP contribution in [0.2, 0.25) is 5.02 Å². The first kappa shape index (κ1) is 20.6. The zero-order valence-electron chi connectivity index (χ0n) is 17.2. The van der Waals surface area contributed by atoms with E-state index in [0.717, 1.165) is 11.1 Å². The molecule has 0 aromatic heterocycles. The number of carbonyl (C=O) groups is 2. The number of imide groups is 1. The number of nitrogens with zero attached hydrogens (tertiary/aromatic N) is 3. The van der Waals surface area contributed by atoms with Crippen LogP contribution in [0.25, 0.3) is 0 Å². The molecule has 0 aliphatic carbocycles. The highest BCUT2D eigenvalue weighted by Gasteiger charge is 2.51. The number of hydrogen-bond acceptors (Lipinski definition) is 5. The first-order valence-corrected chi connectivity index (χ1v) is 10.3. The number of carbonyl (C=O) groups excluding carboxylic acids is 2. The molecule has 2 aromatic rings. The van der Waals surface area contributed by atoms with Crippen LogP contribution in [0.5, 0.6) is 0 Å². The summed E-state index contributed by atoms with van der Waals surface area (Å²) in [5, 5.41) is 7.88. The summed E-state index contributed by atoms with van der Waals surface area (Å²) in [5.74, 6) is -0.910. The summed E-state index contributed by atoms with van der Waals surface area (Å²) in [5.41, 5.74) is 2.06. The minimum absolute atomic E-state index is 0.225. The van der Waals surface area contributed by atoms with Crippen LogP contribution in [0.1, 0.15) is 38.3 Å². The van der Waals surface area contributed by atoms with Gasteiger partial charge in [0.05, 0.1) is 11.6 Å². The smallest absolute Gasteiger partial charge is 0.288 e. The highest BCUT2D eigenvalue weighted by Crippen LogP contribution is 2.34. The van der Waals surface area contributed by atoms with Gasteiger partial charge in [0.2, 0.25) is 12.0 Å². The van der Waals surface area contributed by atoms with Crippen molar-refractivity contribution in [2.24, 2.45) is 11.1 Å². The van der Waals surface area contributed by atoms with Crippen LogP contribution in [0.4, 0.5) is 0 Å². The molecule has 0 saturated carbocycles. The summed E-state index contributed by atoms with van der Waals surface area (Å²) in [6.07, 6.45) is -0.593. The van der Waals surface area contributed by atoms with E-state index < -0.39 is 11.6 Å². The van der Waals surface area contributed by atoms with Gasteiger partial charge in [-0.2, -0.15) is 0 Å². The monoisotopic (exact) mass is 425 g/mol. The molecule has 2 atom stereocenters. The van der Waals surface area contributed by atoms with Gasteiger partial charge in [-0.1, -0.05) is 66.1 Å². The van der Waals surface area contributed by atoms with Gasteiger partial charge in [-0.05, 0) is 37.1 Å². The van der Waals surface area contributed by atoms with Crippen molar-refractivity contribution in [2.75, 3.05) is 0 Å². The van der Waals surface area contributed by atoms with Gasteiger partial charge in [-0.25, -0.2) is 10.0 Å². The third-order valence-electron chi connectivity index (χ3n) is 5.68. The van der Waals surface area contributed by atoms with Crippen LogP contribution in [-0.2, 0) is 21.0 Å². The summed E-state index contributed by atoms with van der Waals surface area (Å²) >= 11 is 5.97. The number of amides is 2. The second kappa shape index (κ2) is 7.85. The first-order chi connectivity index (χ1) is 14.3. The van der Waals surface area contributed by atoms with Crippen LogP contribution in [0, 0.1) is 5.92 Å². The molecule has 0 bridgehead atoms. The Balaban J connectivity index is 1.56. The van der Waals surface area contributed by atoms with Crippen LogP contribution in [0.3, 0.4) is 0 Å². The molecule has 2 aliphatic heterocycles. The molecule has 7 heteroatoms. The molecule has 2 amide bonds. The van der Waals surface area contributed by atoms with E-state index in [1.54, 1.807) is 12.1 Å². The number of halogens is 1. The Morgan fingerprint density at radius 1 is 1.17 bits per heavy atom. The van der Waals surface area contributed by atoms with Gasteiger partial charge >= 0.3 is 0 Å². The average Bonchev–Trinajstić information content (AvgIpc) is 3.19. The topological polar surface area (TPSA) is 62.2 Å². The number of hydrazine groups is 1. The molecule has 0 spiro atoms. The second-order valence-corrected chi connectivity index (χ2v) is 8.81. The molecule has 1 saturated heterocycles. The zero-order valence-corrected chi connectivity index (χ0v) is 18.0. The van der Waals surface area contributed by atoms with Crippen molar-refractivity contribution in [2.45, 2.75) is 45.4 Å². The van der Waals surface area contributed by atoms with E-state index in [9.17, 15) is 9.59 Å². The van der Waals surface area contributed by atoms with Crippen molar-refractivity contribution in [1.82, 2.24) is 10.0 Å². The molecule has 0 N–H and O–H groups in total. The maximum Gasteiger partial charge on any atom is 0.288 e. The quantitative estimate of drug-likeness (QED) is 0.694. The zero-order chi connectivity index (χ0) is 21.5. The standard InChI is InChI=1S/C23H24ClN3O3/c1-15-20(17-9-11-18(24)12-10-17)25-30-21(15)22(29)27-19(28)13-23(2,3)26(27)14-16-7-5-4-6-8-16/h4-12,15,21H,13-14H2,1-3H3/t15-,21-/m0/s1. The maximum atomic E-state index is 13.4. The van der Waals surface area contributed by atoms with Crippen molar-refractivity contribution < 1.29 is 14.4 Å². The van der Waals surface area contributed by atoms with Crippen LogP contribution in [0.15, 0.2) is 59.8 Å². The van der Waals surface area contributed by atoms with Crippen LogP contribution in [-0.4, -0.2) is 39.2 Å². The lowest BCUT2D eigenvalue weighted by Crippen LogP contribution is -2.53. The van der Waals surface area contributed by atoms with Gasteiger partial charge in [-0.3, -0.25) is 9.59 Å². The number of hydrogen-bond donors (Lipinski definition) is 0. The predicted octanol–water partition coefficient (Wildman–Crippen LogP) is 4.03. The Morgan fingerprint density at radius 3 is 2.50 bits per heavy atom. The summed E-state index contributed by atoms with van der Waals surface area (Å²) in [6.45, 7) is 6.28. The Hall–Kier alpha value is -2.70. The Labute approximate surface area is 181 Å².